The van der Waals surface area contributed by atoms with Gasteiger partial charge in [-0.15, -0.1) is 11.6 Å². The van der Waals surface area contributed by atoms with Gasteiger partial charge in [-0.3, -0.25) is 14.4 Å². The number of ether oxygens (including phenoxy) is 2. The summed E-state index contributed by atoms with van der Waals surface area (Å²) in [5.41, 5.74) is 3.35. The Bertz CT molecular complexity index is 1290. The maximum absolute atomic E-state index is 12.9. The normalized spacial score (nSPS) is 15.9. The number of benzene rings is 3. The molecule has 0 spiro atoms. The fourth-order valence-corrected chi connectivity index (χ4v) is 4.43. The molecule has 0 bridgehead atoms. The van der Waals surface area contributed by atoms with Crippen LogP contribution in [0.3, 0.4) is 0 Å². The van der Waals surface area contributed by atoms with E-state index in [1.807, 2.05) is 32.0 Å². The predicted octanol–water partition coefficient (Wildman–Crippen LogP) is 6.53. The number of carbonyl (C=O) groups is 3. The van der Waals surface area contributed by atoms with E-state index >= 15 is 0 Å². The van der Waals surface area contributed by atoms with Gasteiger partial charge in [-0.1, -0.05) is 17.7 Å². The van der Waals surface area contributed by atoms with Crippen LogP contribution in [-0.2, 0) is 14.3 Å². The molecular weight excluding hydrogens is 513 g/mol. The molecule has 1 aliphatic rings. The highest BCUT2D eigenvalue weighted by atomic mass is 35.5. The molecule has 0 radical (unpaired) electrons. The van der Waals surface area contributed by atoms with Gasteiger partial charge < -0.3 is 14.4 Å². The number of nitrogens with zero attached hydrogens (tertiary/aromatic N) is 1. The molecule has 1 fully saturated rings. The lowest BCUT2D eigenvalue weighted by Gasteiger charge is -2.19. The van der Waals surface area contributed by atoms with Gasteiger partial charge >= 0.3 is 5.97 Å². The van der Waals surface area contributed by atoms with Crippen molar-refractivity contribution in [2.75, 3.05) is 17.3 Å². The summed E-state index contributed by atoms with van der Waals surface area (Å²) in [4.78, 5) is 40.1. The number of rotatable bonds is 9. The summed E-state index contributed by atoms with van der Waals surface area (Å²) >= 11 is 11.8. The van der Waals surface area contributed by atoms with E-state index in [0.717, 1.165) is 11.3 Å². The van der Waals surface area contributed by atoms with Crippen LogP contribution < -0.4 is 9.64 Å². The van der Waals surface area contributed by atoms with Crippen LogP contribution in [-0.4, -0.2) is 36.2 Å². The van der Waals surface area contributed by atoms with Crippen LogP contribution in [0.1, 0.15) is 34.3 Å². The van der Waals surface area contributed by atoms with Crippen LogP contribution in [0.25, 0.3) is 0 Å². The van der Waals surface area contributed by atoms with Gasteiger partial charge in [0, 0.05) is 41.5 Å². The SMILES string of the molecule is Cc1ccc(Oc2ccc(N3C[C@H](C(=O)O[C@@H](CCCl)C(=O)c4ccc(Cl)cc4)CC3=O)cc2)cc1C. The number of aryl methyl sites for hydroxylation is 2. The molecule has 1 amide bonds. The summed E-state index contributed by atoms with van der Waals surface area (Å²) in [5, 5.41) is 0.497. The Labute approximate surface area is 226 Å². The molecule has 2 atom stereocenters. The Kier molecular flexibility index (Phi) is 8.52. The second-order valence-electron chi connectivity index (χ2n) is 9.02. The molecule has 6 nitrogen and oxygen atoms in total. The third-order valence-corrected chi connectivity index (χ3v) is 6.84. The Balaban J connectivity index is 1.39. The number of amides is 1. The van der Waals surface area contributed by atoms with E-state index in [4.69, 9.17) is 32.7 Å². The molecule has 192 valence electrons. The van der Waals surface area contributed by atoms with Gasteiger partial charge in [0.1, 0.15) is 11.5 Å². The number of anilines is 1. The van der Waals surface area contributed by atoms with Crippen LogP contribution >= 0.6 is 23.2 Å². The van der Waals surface area contributed by atoms with E-state index in [1.54, 1.807) is 53.4 Å². The number of alkyl halides is 1. The van der Waals surface area contributed by atoms with Crippen LogP contribution in [0.4, 0.5) is 5.69 Å². The van der Waals surface area contributed by atoms with E-state index in [1.165, 1.54) is 5.56 Å². The van der Waals surface area contributed by atoms with Gasteiger partial charge in [0.2, 0.25) is 11.7 Å². The first kappa shape index (κ1) is 26.7. The minimum atomic E-state index is -1.03. The largest absolute Gasteiger partial charge is 0.457 e. The van der Waals surface area contributed by atoms with Gasteiger partial charge in [-0.25, -0.2) is 0 Å². The van der Waals surface area contributed by atoms with Crippen molar-refractivity contribution in [1.29, 1.82) is 0 Å². The number of Topliss-reactive ketones (excluding diaryl/α,β-unsaturated/α-hetero) is 1. The van der Waals surface area contributed by atoms with Gasteiger partial charge in [-0.05, 0) is 85.6 Å². The molecule has 8 heteroatoms. The van der Waals surface area contributed by atoms with Crippen molar-refractivity contribution < 1.29 is 23.9 Å². The highest BCUT2D eigenvalue weighted by Gasteiger charge is 2.38. The zero-order valence-corrected chi connectivity index (χ0v) is 22.1. The first-order valence-electron chi connectivity index (χ1n) is 12.0. The van der Waals surface area contributed by atoms with Gasteiger partial charge in [-0.2, -0.15) is 0 Å². The van der Waals surface area contributed by atoms with Crippen LogP contribution in [0.2, 0.25) is 5.02 Å². The van der Waals surface area contributed by atoms with Crippen molar-refractivity contribution in [1.82, 2.24) is 0 Å². The van der Waals surface area contributed by atoms with Crippen molar-refractivity contribution in [2.45, 2.75) is 32.8 Å². The lowest BCUT2D eigenvalue weighted by molar-refractivity contribution is -0.151. The zero-order chi connectivity index (χ0) is 26.5. The van der Waals surface area contributed by atoms with E-state index < -0.39 is 18.0 Å². The van der Waals surface area contributed by atoms with Crippen molar-refractivity contribution in [3.05, 3.63) is 88.4 Å². The summed E-state index contributed by atoms with van der Waals surface area (Å²) in [6.07, 6.45) is -0.860. The van der Waals surface area contributed by atoms with Crippen molar-refractivity contribution >= 4 is 46.5 Å². The first-order valence-corrected chi connectivity index (χ1v) is 12.9. The quantitative estimate of drug-likeness (QED) is 0.175. The minimum Gasteiger partial charge on any atom is -0.457 e. The van der Waals surface area contributed by atoms with Crippen LogP contribution in [0, 0.1) is 19.8 Å². The van der Waals surface area contributed by atoms with E-state index in [-0.39, 0.29) is 37.0 Å². The highest BCUT2D eigenvalue weighted by Crippen LogP contribution is 2.30. The number of hydrogen-bond acceptors (Lipinski definition) is 5. The van der Waals surface area contributed by atoms with Crippen LogP contribution in [0.5, 0.6) is 11.5 Å². The van der Waals surface area contributed by atoms with Gasteiger partial charge in [0.15, 0.2) is 6.10 Å². The molecule has 1 saturated heterocycles. The van der Waals surface area contributed by atoms with Gasteiger partial charge in [0.25, 0.3) is 0 Å². The molecule has 0 aliphatic carbocycles. The third-order valence-electron chi connectivity index (χ3n) is 6.37. The Morgan fingerprint density at radius 3 is 2.30 bits per heavy atom. The first-order chi connectivity index (χ1) is 17.7. The fraction of sp³-hybridized carbons (Fsp3) is 0.276. The Morgan fingerprint density at radius 1 is 0.973 bits per heavy atom. The Morgan fingerprint density at radius 2 is 1.65 bits per heavy atom. The van der Waals surface area contributed by atoms with E-state index in [0.29, 0.717) is 22.0 Å². The van der Waals surface area contributed by atoms with Crippen molar-refractivity contribution in [2.24, 2.45) is 5.92 Å². The number of ketones is 1. The smallest absolute Gasteiger partial charge is 0.312 e. The molecule has 1 aliphatic heterocycles. The van der Waals surface area contributed by atoms with Gasteiger partial charge in [0.05, 0.1) is 5.92 Å². The molecule has 37 heavy (non-hydrogen) atoms. The van der Waals surface area contributed by atoms with E-state index in [9.17, 15) is 14.4 Å². The summed E-state index contributed by atoms with van der Waals surface area (Å²) < 4.78 is 11.5. The number of hydrogen-bond donors (Lipinski definition) is 0. The summed E-state index contributed by atoms with van der Waals surface area (Å²) in [5.74, 6) is -0.315. The second kappa shape index (κ2) is 11.8. The lowest BCUT2D eigenvalue weighted by atomic mass is 10.0. The summed E-state index contributed by atoms with van der Waals surface area (Å²) in [7, 11) is 0. The standard InChI is InChI=1S/C29H27Cl2NO5/c1-18-3-10-25(15-19(18)2)36-24-11-8-23(9-12-24)32-17-21(16-27(32)33)29(35)37-26(13-14-30)28(34)20-4-6-22(31)7-5-20/h3-12,15,21,26H,13-14,16-17H2,1-2H3/t21-,26+/m1/s1. The summed E-state index contributed by atoms with van der Waals surface area (Å²) in [6.45, 7) is 4.23. The van der Waals surface area contributed by atoms with Crippen LogP contribution in [0.15, 0.2) is 66.7 Å². The average molecular weight is 540 g/mol. The maximum atomic E-state index is 12.9. The fourth-order valence-electron chi connectivity index (χ4n) is 4.10. The predicted molar refractivity (Wildman–Crippen MR) is 144 cm³/mol. The molecule has 3 aromatic rings. The highest BCUT2D eigenvalue weighted by molar-refractivity contribution is 6.30. The van der Waals surface area contributed by atoms with Crippen molar-refractivity contribution in [3.63, 3.8) is 0 Å². The molecular formula is C29H27Cl2NO5. The molecule has 0 unspecified atom stereocenters. The molecule has 0 N–H and O–H groups in total. The average Bonchev–Trinajstić information content (AvgIpc) is 3.28. The minimum absolute atomic E-state index is 0.00244. The molecule has 0 aromatic heterocycles. The third kappa shape index (κ3) is 6.51. The topological polar surface area (TPSA) is 72.9 Å². The number of esters is 1. The monoisotopic (exact) mass is 539 g/mol. The number of carbonyl (C=O) groups excluding carboxylic acids is 3. The Hall–Kier alpha value is -3.35. The lowest BCUT2D eigenvalue weighted by Crippen LogP contribution is -2.32. The van der Waals surface area contributed by atoms with Crippen molar-refractivity contribution in [3.8, 4) is 11.5 Å². The molecule has 0 saturated carbocycles. The number of halogens is 2. The molecule has 3 aromatic carbocycles. The van der Waals surface area contributed by atoms with E-state index in [2.05, 4.69) is 0 Å². The maximum Gasteiger partial charge on any atom is 0.312 e. The molecule has 1 heterocycles. The molecule has 4 rings (SSSR count). The second-order valence-corrected chi connectivity index (χ2v) is 9.84. The summed E-state index contributed by atoms with van der Waals surface area (Å²) in [6, 6.07) is 19.4. The zero-order valence-electron chi connectivity index (χ0n) is 20.6.